The van der Waals surface area contributed by atoms with E-state index in [1.165, 1.54) is 25.5 Å². The minimum Gasteiger partial charge on any atom is -0.372 e. The molecule has 1 aliphatic heterocycles. The zero-order valence-corrected chi connectivity index (χ0v) is 17.0. The number of nitrogens with zero attached hydrogens (tertiary/aromatic N) is 2. The number of para-hydroxylation sites is 1. The molecule has 0 unspecified atom stereocenters. The standard InChI is InChI=1S/C23H29N3O2/c1-4-19-9-7-8-17(2)23(19)26(18(3)27)16-22(28)24-20-10-12-21(13-11-20)25-14-5-6-15-25/h7-13H,4-6,14-16H2,1-3H3,(H,24,28). The van der Waals surface area contributed by atoms with Crippen LogP contribution in [0.25, 0.3) is 0 Å². The van der Waals surface area contributed by atoms with Crippen molar-refractivity contribution in [2.75, 3.05) is 34.8 Å². The maximum absolute atomic E-state index is 12.6. The maximum atomic E-state index is 12.6. The van der Waals surface area contributed by atoms with Crippen LogP contribution in [-0.4, -0.2) is 31.4 Å². The fourth-order valence-corrected chi connectivity index (χ4v) is 3.81. The van der Waals surface area contributed by atoms with E-state index in [1.54, 1.807) is 4.90 Å². The monoisotopic (exact) mass is 379 g/mol. The summed E-state index contributed by atoms with van der Waals surface area (Å²) in [4.78, 5) is 28.8. The van der Waals surface area contributed by atoms with Gasteiger partial charge in [-0.2, -0.15) is 0 Å². The maximum Gasteiger partial charge on any atom is 0.244 e. The Hall–Kier alpha value is -2.82. The van der Waals surface area contributed by atoms with Gasteiger partial charge in [0.25, 0.3) is 0 Å². The van der Waals surface area contributed by atoms with Crippen LogP contribution >= 0.6 is 0 Å². The van der Waals surface area contributed by atoms with Crippen LogP contribution in [-0.2, 0) is 16.0 Å². The molecule has 28 heavy (non-hydrogen) atoms. The number of rotatable bonds is 6. The van der Waals surface area contributed by atoms with E-state index in [9.17, 15) is 9.59 Å². The lowest BCUT2D eigenvalue weighted by atomic mass is 10.0. The molecule has 0 radical (unpaired) electrons. The average molecular weight is 380 g/mol. The molecular weight excluding hydrogens is 350 g/mol. The van der Waals surface area contributed by atoms with E-state index in [2.05, 4.69) is 17.1 Å². The molecule has 5 nitrogen and oxygen atoms in total. The van der Waals surface area contributed by atoms with Gasteiger partial charge in [0.05, 0.1) is 5.69 Å². The molecule has 0 aromatic heterocycles. The van der Waals surface area contributed by atoms with Crippen molar-refractivity contribution in [2.24, 2.45) is 0 Å². The highest BCUT2D eigenvalue weighted by Gasteiger charge is 2.20. The number of carbonyl (C=O) groups is 2. The number of benzene rings is 2. The molecule has 1 N–H and O–H groups in total. The van der Waals surface area contributed by atoms with Gasteiger partial charge in [-0.05, 0) is 61.6 Å². The Morgan fingerprint density at radius 2 is 1.75 bits per heavy atom. The highest BCUT2D eigenvalue weighted by atomic mass is 16.2. The van der Waals surface area contributed by atoms with E-state index in [1.807, 2.05) is 49.4 Å². The topological polar surface area (TPSA) is 52.7 Å². The Bertz CT molecular complexity index is 839. The molecule has 1 aliphatic rings. The normalized spacial score (nSPS) is 13.5. The fourth-order valence-electron chi connectivity index (χ4n) is 3.81. The smallest absolute Gasteiger partial charge is 0.244 e. The van der Waals surface area contributed by atoms with Crippen LogP contribution in [0.1, 0.15) is 37.8 Å². The van der Waals surface area contributed by atoms with Gasteiger partial charge in [-0.15, -0.1) is 0 Å². The number of aryl methyl sites for hydroxylation is 2. The van der Waals surface area contributed by atoms with Crippen LogP contribution in [0.15, 0.2) is 42.5 Å². The molecule has 1 saturated heterocycles. The second-order valence-electron chi connectivity index (χ2n) is 7.33. The lowest BCUT2D eigenvalue weighted by Crippen LogP contribution is -2.37. The minimum atomic E-state index is -0.200. The summed E-state index contributed by atoms with van der Waals surface area (Å²) in [6.45, 7) is 7.72. The van der Waals surface area contributed by atoms with E-state index in [-0.39, 0.29) is 18.4 Å². The summed E-state index contributed by atoms with van der Waals surface area (Å²) in [5.41, 5.74) is 4.85. The van der Waals surface area contributed by atoms with Crippen molar-refractivity contribution >= 4 is 28.9 Å². The Morgan fingerprint density at radius 3 is 2.36 bits per heavy atom. The van der Waals surface area contributed by atoms with Crippen molar-refractivity contribution in [3.05, 3.63) is 53.6 Å². The molecule has 1 fully saturated rings. The number of amides is 2. The molecule has 2 aromatic rings. The molecule has 148 valence electrons. The highest BCUT2D eigenvalue weighted by Crippen LogP contribution is 2.26. The van der Waals surface area contributed by atoms with Crippen molar-refractivity contribution in [2.45, 2.75) is 40.0 Å². The van der Waals surface area contributed by atoms with E-state index < -0.39 is 0 Å². The van der Waals surface area contributed by atoms with Gasteiger partial charge in [0.2, 0.25) is 11.8 Å². The van der Waals surface area contributed by atoms with E-state index in [4.69, 9.17) is 0 Å². The van der Waals surface area contributed by atoms with Gasteiger partial charge in [-0.1, -0.05) is 25.1 Å². The lowest BCUT2D eigenvalue weighted by Gasteiger charge is -2.25. The van der Waals surface area contributed by atoms with Crippen LogP contribution in [0.3, 0.4) is 0 Å². The zero-order valence-electron chi connectivity index (χ0n) is 17.0. The van der Waals surface area contributed by atoms with Gasteiger partial charge in [-0.3, -0.25) is 9.59 Å². The zero-order chi connectivity index (χ0) is 20.1. The average Bonchev–Trinajstić information content (AvgIpc) is 3.21. The van der Waals surface area contributed by atoms with Crippen molar-refractivity contribution in [3.8, 4) is 0 Å². The number of carbonyl (C=O) groups excluding carboxylic acids is 2. The summed E-state index contributed by atoms with van der Waals surface area (Å²) in [5, 5.41) is 2.92. The van der Waals surface area contributed by atoms with Crippen molar-refractivity contribution in [1.29, 1.82) is 0 Å². The van der Waals surface area contributed by atoms with Crippen molar-refractivity contribution in [1.82, 2.24) is 0 Å². The van der Waals surface area contributed by atoms with Crippen molar-refractivity contribution in [3.63, 3.8) is 0 Å². The first-order valence-corrected chi connectivity index (χ1v) is 10.0. The summed E-state index contributed by atoms with van der Waals surface area (Å²) >= 11 is 0. The Kier molecular flexibility index (Phi) is 6.34. The Balaban J connectivity index is 1.71. The van der Waals surface area contributed by atoms with E-state index in [0.717, 1.165) is 42.0 Å². The SMILES string of the molecule is CCc1cccc(C)c1N(CC(=O)Nc1ccc(N2CCCC2)cc1)C(C)=O. The lowest BCUT2D eigenvalue weighted by molar-refractivity contribution is -0.120. The number of hydrogen-bond donors (Lipinski definition) is 1. The molecular formula is C23H29N3O2. The van der Waals surface area contributed by atoms with Crippen LogP contribution in [0.4, 0.5) is 17.1 Å². The summed E-state index contributed by atoms with van der Waals surface area (Å²) < 4.78 is 0. The quantitative estimate of drug-likeness (QED) is 0.820. The first-order chi connectivity index (χ1) is 13.5. The number of nitrogens with one attached hydrogen (secondary N) is 1. The second-order valence-corrected chi connectivity index (χ2v) is 7.33. The van der Waals surface area contributed by atoms with Crippen LogP contribution in [0, 0.1) is 6.92 Å². The van der Waals surface area contributed by atoms with E-state index >= 15 is 0 Å². The highest BCUT2D eigenvalue weighted by molar-refractivity contribution is 6.02. The van der Waals surface area contributed by atoms with Gasteiger partial charge >= 0.3 is 0 Å². The predicted octanol–water partition coefficient (Wildman–Crippen LogP) is 4.15. The third-order valence-electron chi connectivity index (χ3n) is 5.28. The number of anilines is 3. The summed E-state index contributed by atoms with van der Waals surface area (Å²) in [6, 6.07) is 13.9. The molecule has 0 aliphatic carbocycles. The molecule has 2 amide bonds. The largest absolute Gasteiger partial charge is 0.372 e. The van der Waals surface area contributed by atoms with Crippen molar-refractivity contribution < 1.29 is 9.59 Å². The van der Waals surface area contributed by atoms with E-state index in [0.29, 0.717) is 0 Å². The molecule has 0 atom stereocenters. The fraction of sp³-hybridized carbons (Fsp3) is 0.391. The molecule has 2 aromatic carbocycles. The molecule has 3 rings (SSSR count). The first-order valence-electron chi connectivity index (χ1n) is 10.0. The number of hydrogen-bond acceptors (Lipinski definition) is 3. The molecule has 1 heterocycles. The third kappa shape index (κ3) is 4.53. The van der Waals surface area contributed by atoms with Gasteiger partial charge in [0.1, 0.15) is 6.54 Å². The van der Waals surface area contributed by atoms with Gasteiger partial charge in [0.15, 0.2) is 0 Å². The Labute approximate surface area is 167 Å². The summed E-state index contributed by atoms with van der Waals surface area (Å²) in [6.07, 6.45) is 3.27. The van der Waals surface area contributed by atoms with Crippen LogP contribution < -0.4 is 15.1 Å². The summed E-state index contributed by atoms with van der Waals surface area (Å²) in [7, 11) is 0. The van der Waals surface area contributed by atoms with Crippen LogP contribution in [0.2, 0.25) is 0 Å². The summed E-state index contributed by atoms with van der Waals surface area (Å²) in [5.74, 6) is -0.335. The molecule has 0 bridgehead atoms. The molecule has 0 spiro atoms. The third-order valence-corrected chi connectivity index (χ3v) is 5.28. The second kappa shape index (κ2) is 8.91. The van der Waals surface area contributed by atoms with Crippen LogP contribution in [0.5, 0.6) is 0 Å². The van der Waals surface area contributed by atoms with Gasteiger partial charge in [0, 0.05) is 31.4 Å². The predicted molar refractivity (Wildman–Crippen MR) is 115 cm³/mol. The first kappa shape index (κ1) is 19.9. The minimum absolute atomic E-state index is 0.00105. The Morgan fingerprint density at radius 1 is 1.07 bits per heavy atom. The molecule has 5 heteroatoms. The van der Waals surface area contributed by atoms with Gasteiger partial charge < -0.3 is 15.1 Å². The molecule has 0 saturated carbocycles. The van der Waals surface area contributed by atoms with Gasteiger partial charge in [-0.25, -0.2) is 0 Å².